The maximum absolute atomic E-state index is 11.9. The minimum atomic E-state index is -2.30. The number of hydrogen-bond donors (Lipinski definition) is 6. The molecule has 0 fully saturated rings. The first-order valence-corrected chi connectivity index (χ1v) is 7.72. The molecule has 4 atom stereocenters. The number of aliphatic hydroxyl groups excluding tert-OH is 5. The molecule has 10 nitrogen and oxygen atoms in total. The molecule has 0 spiro atoms. The van der Waals surface area contributed by atoms with Crippen molar-refractivity contribution in [2.45, 2.75) is 24.4 Å². The van der Waals surface area contributed by atoms with Crippen LogP contribution in [0.5, 0.6) is 17.2 Å². The highest BCUT2D eigenvalue weighted by Gasteiger charge is 2.36. The zero-order valence-corrected chi connectivity index (χ0v) is 14.6. The summed E-state index contributed by atoms with van der Waals surface area (Å²) in [4.78, 5) is 23.8. The molecular weight excluding hydrogens is 364 g/mol. The summed E-state index contributed by atoms with van der Waals surface area (Å²) in [5.41, 5.74) is 0.327. The van der Waals surface area contributed by atoms with Gasteiger partial charge in [-0.15, -0.1) is 0 Å². The van der Waals surface area contributed by atoms with Crippen molar-refractivity contribution < 1.29 is 49.7 Å². The number of carbonyl (C=O) groups excluding carboxylic acids is 2. The molecule has 10 heteroatoms. The fraction of sp³-hybridized carbons (Fsp3) is 0.412. The van der Waals surface area contributed by atoms with E-state index in [1.165, 1.54) is 32.4 Å². The van der Waals surface area contributed by atoms with E-state index in [0.29, 0.717) is 5.56 Å². The molecule has 4 unspecified atom stereocenters. The average molecular weight is 386 g/mol. The molecule has 6 N–H and O–H groups in total. The van der Waals surface area contributed by atoms with Gasteiger partial charge in [-0.2, -0.15) is 0 Å². The van der Waals surface area contributed by atoms with Gasteiger partial charge in [-0.05, 0) is 23.8 Å². The summed E-state index contributed by atoms with van der Waals surface area (Å²) >= 11 is 0. The molecule has 27 heavy (non-hydrogen) atoms. The molecule has 150 valence electrons. The molecule has 0 saturated heterocycles. The van der Waals surface area contributed by atoms with Gasteiger partial charge < -0.3 is 40.1 Å². The number of carbonyl (C=O) groups is 2. The van der Waals surface area contributed by atoms with Crippen molar-refractivity contribution >= 4 is 17.6 Å². The normalized spacial score (nSPS) is 15.8. The third-order valence-corrected chi connectivity index (χ3v) is 3.70. The fourth-order valence-electron chi connectivity index (χ4n) is 2.09. The summed E-state index contributed by atoms with van der Waals surface area (Å²) in [6.07, 6.45) is -6.32. The zero-order valence-electron chi connectivity index (χ0n) is 14.6. The largest absolute Gasteiger partial charge is 0.502 e. The first-order valence-electron chi connectivity index (χ1n) is 7.72. The van der Waals surface area contributed by atoms with Crippen molar-refractivity contribution in [3.63, 3.8) is 0 Å². The van der Waals surface area contributed by atoms with E-state index in [1.807, 2.05) is 0 Å². The van der Waals surface area contributed by atoms with Crippen LogP contribution in [0.4, 0.5) is 0 Å². The average Bonchev–Trinajstić information content (AvgIpc) is 2.69. The van der Waals surface area contributed by atoms with Gasteiger partial charge in [0.05, 0.1) is 20.8 Å². The Labute approximate surface area is 154 Å². The SMILES string of the molecule is COc1cc(/C=C/C(=O)C(=O)C(O)C(O)C(O)C(O)CO)cc(OC)c1O. The van der Waals surface area contributed by atoms with E-state index < -0.39 is 42.6 Å². The van der Waals surface area contributed by atoms with E-state index in [2.05, 4.69) is 0 Å². The number of methoxy groups -OCH3 is 2. The van der Waals surface area contributed by atoms with Crippen molar-refractivity contribution in [2.75, 3.05) is 20.8 Å². The quantitative estimate of drug-likeness (QED) is 0.195. The summed E-state index contributed by atoms with van der Waals surface area (Å²) in [6, 6.07) is 2.72. The topological polar surface area (TPSA) is 174 Å². The van der Waals surface area contributed by atoms with Gasteiger partial charge in [-0.1, -0.05) is 6.08 Å². The standard InChI is InChI=1S/C17H22O10/c1-26-11-5-8(6-12(27-2)15(11)23)3-4-9(19)13(21)16(24)17(25)14(22)10(20)7-18/h3-6,10,14,16-18,20,22-25H,7H2,1-2H3/b4-3+. The lowest BCUT2D eigenvalue weighted by Gasteiger charge is -2.24. The molecule has 1 rings (SSSR count). The van der Waals surface area contributed by atoms with Gasteiger partial charge in [-0.25, -0.2) is 0 Å². The third kappa shape index (κ3) is 5.49. The molecule has 0 amide bonds. The van der Waals surface area contributed by atoms with Gasteiger partial charge in [0.2, 0.25) is 17.3 Å². The first-order chi connectivity index (χ1) is 12.7. The molecule has 1 aromatic rings. The molecule has 0 saturated carbocycles. The number of benzene rings is 1. The molecule has 1 aromatic carbocycles. The van der Waals surface area contributed by atoms with Crippen molar-refractivity contribution in [3.8, 4) is 17.2 Å². The minimum absolute atomic E-state index is 0.0596. The van der Waals surface area contributed by atoms with E-state index in [0.717, 1.165) is 6.08 Å². The van der Waals surface area contributed by atoms with Crippen LogP contribution < -0.4 is 9.47 Å². The van der Waals surface area contributed by atoms with E-state index in [-0.39, 0.29) is 17.2 Å². The summed E-state index contributed by atoms with van der Waals surface area (Å²) in [7, 11) is 2.61. The molecule has 0 aliphatic rings. The molecule has 0 heterocycles. The van der Waals surface area contributed by atoms with Crippen molar-refractivity contribution in [1.29, 1.82) is 0 Å². The summed E-state index contributed by atoms with van der Waals surface area (Å²) in [6.45, 7) is -0.919. The number of aromatic hydroxyl groups is 1. The minimum Gasteiger partial charge on any atom is -0.502 e. The smallest absolute Gasteiger partial charge is 0.233 e. The van der Waals surface area contributed by atoms with Crippen LogP contribution in [-0.2, 0) is 9.59 Å². The maximum Gasteiger partial charge on any atom is 0.233 e. The predicted octanol–water partition coefficient (Wildman–Crippen LogP) is -2.00. The third-order valence-electron chi connectivity index (χ3n) is 3.70. The van der Waals surface area contributed by atoms with Crippen LogP contribution in [0.25, 0.3) is 6.08 Å². The maximum atomic E-state index is 11.9. The summed E-state index contributed by atoms with van der Waals surface area (Å²) in [5.74, 6) is -2.76. The number of allylic oxidation sites excluding steroid dienone is 1. The Bertz CT molecular complexity index is 674. The Kier molecular flexibility index (Phi) is 8.34. The first kappa shape index (κ1) is 22.5. The van der Waals surface area contributed by atoms with Crippen molar-refractivity contribution in [2.24, 2.45) is 0 Å². The van der Waals surface area contributed by atoms with Gasteiger partial charge in [0, 0.05) is 0 Å². The predicted molar refractivity (Wildman–Crippen MR) is 91.4 cm³/mol. The van der Waals surface area contributed by atoms with Gasteiger partial charge in [0.1, 0.15) is 24.4 Å². The van der Waals surface area contributed by atoms with E-state index >= 15 is 0 Å². The van der Waals surface area contributed by atoms with E-state index in [4.69, 9.17) is 14.6 Å². The molecule has 0 aliphatic heterocycles. The van der Waals surface area contributed by atoms with Crippen LogP contribution in [0.2, 0.25) is 0 Å². The highest BCUT2D eigenvalue weighted by atomic mass is 16.5. The number of phenolic OH excluding ortho intramolecular Hbond substituents is 1. The highest BCUT2D eigenvalue weighted by Crippen LogP contribution is 2.37. The van der Waals surface area contributed by atoms with Crippen LogP contribution in [-0.4, -0.2) is 87.4 Å². The number of ketones is 2. The number of phenols is 1. The molecular formula is C17H22O10. The van der Waals surface area contributed by atoms with Gasteiger partial charge in [0.15, 0.2) is 11.5 Å². The van der Waals surface area contributed by atoms with Gasteiger partial charge >= 0.3 is 0 Å². The number of hydrogen-bond acceptors (Lipinski definition) is 10. The second-order valence-corrected chi connectivity index (χ2v) is 5.51. The van der Waals surface area contributed by atoms with Crippen molar-refractivity contribution in [1.82, 2.24) is 0 Å². The lowest BCUT2D eigenvalue weighted by atomic mass is 9.98. The monoisotopic (exact) mass is 386 g/mol. The lowest BCUT2D eigenvalue weighted by Crippen LogP contribution is -2.49. The van der Waals surface area contributed by atoms with Crippen LogP contribution in [0, 0.1) is 0 Å². The Morgan fingerprint density at radius 2 is 1.56 bits per heavy atom. The molecule has 0 aromatic heterocycles. The molecule has 0 bridgehead atoms. The fourth-order valence-corrected chi connectivity index (χ4v) is 2.09. The summed E-state index contributed by atoms with van der Waals surface area (Å²) in [5, 5.41) is 56.5. The lowest BCUT2D eigenvalue weighted by molar-refractivity contribution is -0.152. The van der Waals surface area contributed by atoms with Crippen LogP contribution in [0.1, 0.15) is 5.56 Å². The van der Waals surface area contributed by atoms with Crippen LogP contribution in [0.3, 0.4) is 0 Å². The number of rotatable bonds is 10. The Morgan fingerprint density at radius 3 is 2.00 bits per heavy atom. The zero-order chi connectivity index (χ0) is 20.7. The number of Topliss-reactive ketones (excluding diaryl/α,β-unsaturated/α-hetero) is 1. The van der Waals surface area contributed by atoms with E-state index in [9.17, 15) is 35.1 Å². The van der Waals surface area contributed by atoms with Crippen molar-refractivity contribution in [3.05, 3.63) is 23.8 Å². The van der Waals surface area contributed by atoms with Crippen LogP contribution >= 0.6 is 0 Å². The number of ether oxygens (including phenoxy) is 2. The molecule has 0 radical (unpaired) electrons. The number of aliphatic hydroxyl groups is 5. The Balaban J connectivity index is 2.93. The Morgan fingerprint density at radius 1 is 1.04 bits per heavy atom. The van der Waals surface area contributed by atoms with E-state index in [1.54, 1.807) is 0 Å². The summed E-state index contributed by atoms with van der Waals surface area (Å²) < 4.78 is 9.90. The van der Waals surface area contributed by atoms with Crippen LogP contribution in [0.15, 0.2) is 18.2 Å². The van der Waals surface area contributed by atoms with Gasteiger partial charge in [0.25, 0.3) is 0 Å². The Hall–Kier alpha value is -2.50. The van der Waals surface area contributed by atoms with Gasteiger partial charge in [-0.3, -0.25) is 9.59 Å². The highest BCUT2D eigenvalue weighted by molar-refractivity contribution is 6.43. The molecule has 0 aliphatic carbocycles. The second-order valence-electron chi connectivity index (χ2n) is 5.51. The second kappa shape index (κ2) is 10.00.